The Kier molecular flexibility index (Phi) is 3.20. The number of rotatable bonds is 3. The largest absolute Gasteiger partial charge is 0.370 e. The zero-order valence-electron chi connectivity index (χ0n) is 8.94. The van der Waals surface area contributed by atoms with E-state index in [0.29, 0.717) is 5.96 Å². The van der Waals surface area contributed by atoms with Crippen LogP contribution in [0.3, 0.4) is 0 Å². The molecule has 15 heavy (non-hydrogen) atoms. The molecule has 2 N–H and O–H groups in total. The lowest BCUT2D eigenvalue weighted by molar-refractivity contribution is 0.296. The van der Waals surface area contributed by atoms with Crippen LogP contribution in [0, 0.1) is 6.92 Å². The molecule has 1 aromatic rings. The van der Waals surface area contributed by atoms with Crippen molar-refractivity contribution in [2.45, 2.75) is 19.8 Å². The highest BCUT2D eigenvalue weighted by Gasteiger charge is 2.15. The van der Waals surface area contributed by atoms with E-state index < -0.39 is 0 Å². The summed E-state index contributed by atoms with van der Waals surface area (Å²) < 4.78 is 0. The van der Waals surface area contributed by atoms with Gasteiger partial charge in [0, 0.05) is 30.9 Å². The molecular weight excluding hydrogens is 208 g/mol. The lowest BCUT2D eigenvalue weighted by Gasteiger charge is -2.31. The summed E-state index contributed by atoms with van der Waals surface area (Å²) >= 11 is 1.69. The molecule has 2 rings (SSSR count). The second kappa shape index (κ2) is 4.61. The van der Waals surface area contributed by atoms with E-state index in [0.717, 1.165) is 31.7 Å². The second-order valence-corrected chi connectivity index (χ2v) is 4.63. The number of guanidine groups is 1. The van der Waals surface area contributed by atoms with Crippen LogP contribution in [-0.2, 0) is 6.42 Å². The van der Waals surface area contributed by atoms with E-state index in [2.05, 4.69) is 14.9 Å². The summed E-state index contributed by atoms with van der Waals surface area (Å²) in [6.45, 7) is 4.93. The van der Waals surface area contributed by atoms with Crippen LogP contribution < -0.4 is 5.73 Å². The summed E-state index contributed by atoms with van der Waals surface area (Å²) in [5.41, 5.74) is 8.83. The fourth-order valence-corrected chi connectivity index (χ4v) is 2.25. The molecule has 0 saturated carbocycles. The van der Waals surface area contributed by atoms with Crippen molar-refractivity contribution in [1.29, 1.82) is 0 Å². The predicted octanol–water partition coefficient (Wildman–Crippen LogP) is 1.01. The van der Waals surface area contributed by atoms with E-state index in [9.17, 15) is 0 Å². The average Bonchev–Trinajstić information content (AvgIpc) is 2.49. The van der Waals surface area contributed by atoms with Crippen molar-refractivity contribution in [3.8, 4) is 0 Å². The van der Waals surface area contributed by atoms with Gasteiger partial charge >= 0.3 is 0 Å². The summed E-state index contributed by atoms with van der Waals surface area (Å²) in [4.78, 5) is 12.0. The predicted molar refractivity (Wildman–Crippen MR) is 63.2 cm³/mol. The van der Waals surface area contributed by atoms with Crippen molar-refractivity contribution in [1.82, 2.24) is 9.88 Å². The lowest BCUT2D eigenvalue weighted by Crippen LogP contribution is -2.46. The van der Waals surface area contributed by atoms with Crippen LogP contribution in [0.25, 0.3) is 0 Å². The molecule has 2 heterocycles. The fourth-order valence-electron chi connectivity index (χ4n) is 1.48. The van der Waals surface area contributed by atoms with Gasteiger partial charge in [-0.05, 0) is 13.3 Å². The Morgan fingerprint density at radius 3 is 3.00 bits per heavy atom. The van der Waals surface area contributed by atoms with Crippen LogP contribution in [0.5, 0.6) is 0 Å². The molecule has 4 nitrogen and oxygen atoms in total. The van der Waals surface area contributed by atoms with Gasteiger partial charge in [-0.25, -0.2) is 4.98 Å². The third-order valence-corrected chi connectivity index (χ3v) is 3.63. The van der Waals surface area contributed by atoms with Crippen LogP contribution in [0.1, 0.15) is 17.0 Å². The van der Waals surface area contributed by atoms with Gasteiger partial charge in [0.2, 0.25) is 0 Å². The maximum absolute atomic E-state index is 5.82. The maximum Gasteiger partial charge on any atom is 0.191 e. The van der Waals surface area contributed by atoms with E-state index in [-0.39, 0.29) is 0 Å². The highest BCUT2D eigenvalue weighted by Crippen LogP contribution is 2.12. The zero-order chi connectivity index (χ0) is 10.7. The molecule has 0 aliphatic carbocycles. The normalized spacial score (nSPS) is 16.6. The van der Waals surface area contributed by atoms with Gasteiger partial charge in [-0.15, -0.1) is 11.3 Å². The van der Waals surface area contributed by atoms with Gasteiger partial charge in [-0.2, -0.15) is 0 Å². The van der Waals surface area contributed by atoms with Crippen LogP contribution in [0.4, 0.5) is 0 Å². The molecular formula is C10H16N4S. The van der Waals surface area contributed by atoms with Gasteiger partial charge in [0.25, 0.3) is 0 Å². The molecule has 0 atom stereocenters. The number of thiazole rings is 1. The van der Waals surface area contributed by atoms with E-state index in [1.54, 1.807) is 11.3 Å². The molecule has 1 saturated heterocycles. The summed E-state index contributed by atoms with van der Waals surface area (Å²) in [5.74, 6) is 0.698. The van der Waals surface area contributed by atoms with Crippen molar-refractivity contribution < 1.29 is 0 Å². The topological polar surface area (TPSA) is 54.5 Å². The lowest BCUT2D eigenvalue weighted by atomic mass is 10.2. The van der Waals surface area contributed by atoms with Crippen molar-refractivity contribution in [3.63, 3.8) is 0 Å². The van der Waals surface area contributed by atoms with Gasteiger partial charge < -0.3 is 10.6 Å². The summed E-state index contributed by atoms with van der Waals surface area (Å²) in [7, 11) is 0. The van der Waals surface area contributed by atoms with E-state index in [4.69, 9.17) is 5.73 Å². The third-order valence-electron chi connectivity index (χ3n) is 2.64. The van der Waals surface area contributed by atoms with Crippen molar-refractivity contribution >= 4 is 17.3 Å². The molecule has 0 radical (unpaired) electrons. The quantitative estimate of drug-likeness (QED) is 0.616. The maximum atomic E-state index is 5.82. The summed E-state index contributed by atoms with van der Waals surface area (Å²) in [6.07, 6.45) is 2.19. The Bertz CT molecular complexity index is 354. The minimum absolute atomic E-state index is 0.698. The number of hydrogen-bond acceptors (Lipinski definition) is 3. The Balaban J connectivity index is 1.81. The molecule has 0 unspecified atom stereocenters. The van der Waals surface area contributed by atoms with Crippen LogP contribution in [0.2, 0.25) is 0 Å². The molecule has 1 fully saturated rings. The zero-order valence-corrected chi connectivity index (χ0v) is 9.76. The molecule has 1 aliphatic rings. The van der Waals surface area contributed by atoms with Gasteiger partial charge in [-0.1, -0.05) is 0 Å². The number of aliphatic imine (C=N–C) groups is 1. The van der Waals surface area contributed by atoms with Crippen LogP contribution in [-0.4, -0.2) is 35.5 Å². The third kappa shape index (κ3) is 2.47. The molecule has 5 heteroatoms. The average molecular weight is 224 g/mol. The molecule has 82 valence electrons. The molecule has 0 amide bonds. The van der Waals surface area contributed by atoms with Gasteiger partial charge in [0.1, 0.15) is 0 Å². The van der Waals surface area contributed by atoms with Crippen molar-refractivity contribution in [2.75, 3.05) is 19.6 Å². The number of nitrogens with zero attached hydrogens (tertiary/aromatic N) is 3. The van der Waals surface area contributed by atoms with Gasteiger partial charge in [0.15, 0.2) is 5.96 Å². The Morgan fingerprint density at radius 2 is 2.47 bits per heavy atom. The Labute approximate surface area is 93.8 Å². The van der Waals surface area contributed by atoms with E-state index in [1.165, 1.54) is 11.3 Å². The first kappa shape index (κ1) is 10.4. The van der Waals surface area contributed by atoms with Gasteiger partial charge in [-0.3, -0.25) is 4.99 Å². The number of aryl methyl sites for hydroxylation is 1. The highest BCUT2D eigenvalue weighted by molar-refractivity contribution is 7.09. The molecule has 1 aromatic heterocycles. The highest BCUT2D eigenvalue weighted by atomic mass is 32.1. The van der Waals surface area contributed by atoms with E-state index in [1.807, 2.05) is 12.4 Å². The fraction of sp³-hybridized carbons (Fsp3) is 0.600. The smallest absolute Gasteiger partial charge is 0.191 e. The summed E-state index contributed by atoms with van der Waals surface area (Å²) in [6, 6.07) is 0. The summed E-state index contributed by atoms with van der Waals surface area (Å²) in [5, 5.41) is 0. The first-order valence-corrected chi connectivity index (χ1v) is 6.09. The van der Waals surface area contributed by atoms with Gasteiger partial charge in [0.05, 0.1) is 11.2 Å². The van der Waals surface area contributed by atoms with Crippen molar-refractivity contribution in [2.24, 2.45) is 10.7 Å². The van der Waals surface area contributed by atoms with Crippen LogP contribution in [0.15, 0.2) is 10.5 Å². The first-order valence-electron chi connectivity index (χ1n) is 5.21. The number of nitrogens with two attached hydrogens (primary N) is 1. The molecule has 0 bridgehead atoms. The molecule has 0 spiro atoms. The SMILES string of the molecule is Cc1ncsc1CCN=C(N)N1CCC1. The minimum Gasteiger partial charge on any atom is -0.370 e. The standard InChI is InChI=1S/C10H16N4S/c1-8-9(15-7-13-8)3-4-12-10(11)14-5-2-6-14/h7H,2-6H2,1H3,(H2,11,12). The number of hydrogen-bond donors (Lipinski definition) is 1. The van der Waals surface area contributed by atoms with Crippen LogP contribution >= 0.6 is 11.3 Å². The molecule has 1 aliphatic heterocycles. The van der Waals surface area contributed by atoms with Crippen molar-refractivity contribution in [3.05, 3.63) is 16.1 Å². The Morgan fingerprint density at radius 1 is 1.67 bits per heavy atom. The molecule has 0 aromatic carbocycles. The monoisotopic (exact) mass is 224 g/mol. The second-order valence-electron chi connectivity index (χ2n) is 3.69. The number of likely N-dealkylation sites (tertiary alicyclic amines) is 1. The number of aromatic nitrogens is 1. The van der Waals surface area contributed by atoms with E-state index >= 15 is 0 Å². The Hall–Kier alpha value is -1.10. The first-order chi connectivity index (χ1) is 7.27. The minimum atomic E-state index is 0.698.